The van der Waals surface area contributed by atoms with Crippen LogP contribution in [0.3, 0.4) is 0 Å². The number of nitrogens with zero attached hydrogens (tertiary/aromatic N) is 1. The van der Waals surface area contributed by atoms with Gasteiger partial charge in [-0.3, -0.25) is 14.5 Å². The zero-order chi connectivity index (χ0) is 12.6. The Kier molecular flexibility index (Phi) is 2.65. The first-order valence-electron chi connectivity index (χ1n) is 5.60. The summed E-state index contributed by atoms with van der Waals surface area (Å²) in [5, 5.41) is 0. The Balaban J connectivity index is 2.23. The Labute approximate surface area is 100 Å². The van der Waals surface area contributed by atoms with Crippen LogP contribution in [0.4, 0.5) is 5.69 Å². The lowest BCUT2D eigenvalue weighted by atomic mass is 9.92. The second-order valence-corrected chi connectivity index (χ2v) is 5.04. The van der Waals surface area contributed by atoms with Crippen LogP contribution in [-0.2, 0) is 16.1 Å². The molecule has 0 radical (unpaired) electrons. The molecule has 1 fully saturated rings. The first-order chi connectivity index (χ1) is 7.92. The number of carbonyl (C=O) groups excluding carboxylic acids is 2. The number of nitrogen functional groups attached to an aromatic ring is 1. The van der Waals surface area contributed by atoms with E-state index in [4.69, 9.17) is 5.73 Å². The molecule has 1 aromatic carbocycles. The van der Waals surface area contributed by atoms with Gasteiger partial charge in [-0.25, -0.2) is 0 Å². The summed E-state index contributed by atoms with van der Waals surface area (Å²) in [5.41, 5.74) is 6.65. The Morgan fingerprint density at radius 2 is 1.94 bits per heavy atom. The van der Waals surface area contributed by atoms with Gasteiger partial charge in [0.25, 0.3) is 0 Å². The van der Waals surface area contributed by atoms with Gasteiger partial charge in [-0.1, -0.05) is 32.0 Å². The van der Waals surface area contributed by atoms with Crippen molar-refractivity contribution < 1.29 is 9.59 Å². The summed E-state index contributed by atoms with van der Waals surface area (Å²) < 4.78 is 0. The fourth-order valence-electron chi connectivity index (χ4n) is 2.04. The lowest BCUT2D eigenvalue weighted by Crippen LogP contribution is -2.32. The fourth-order valence-corrected chi connectivity index (χ4v) is 2.04. The van der Waals surface area contributed by atoms with Crippen LogP contribution in [0.2, 0.25) is 0 Å². The van der Waals surface area contributed by atoms with E-state index in [1.807, 2.05) is 18.2 Å². The number of rotatable bonds is 2. The summed E-state index contributed by atoms with van der Waals surface area (Å²) in [7, 11) is 0. The van der Waals surface area contributed by atoms with Crippen molar-refractivity contribution in [2.45, 2.75) is 26.8 Å². The molecule has 0 saturated carbocycles. The zero-order valence-corrected chi connectivity index (χ0v) is 10.1. The van der Waals surface area contributed by atoms with Gasteiger partial charge in [0.05, 0.1) is 12.0 Å². The minimum absolute atomic E-state index is 0.120. The average molecular weight is 232 g/mol. The molecule has 0 aromatic heterocycles. The van der Waals surface area contributed by atoms with Crippen molar-refractivity contribution in [2.24, 2.45) is 5.41 Å². The Hall–Kier alpha value is -1.84. The maximum Gasteiger partial charge on any atom is 0.235 e. The maximum atomic E-state index is 12.0. The normalized spacial score (nSPS) is 18.8. The second kappa shape index (κ2) is 3.87. The number of imide groups is 1. The third kappa shape index (κ3) is 2.02. The minimum Gasteiger partial charge on any atom is -0.398 e. The number of likely N-dealkylation sites (tertiary alicyclic amines) is 1. The number of anilines is 1. The quantitative estimate of drug-likeness (QED) is 0.621. The molecule has 2 N–H and O–H groups in total. The van der Waals surface area contributed by atoms with Gasteiger partial charge in [0.1, 0.15) is 0 Å². The van der Waals surface area contributed by atoms with Crippen LogP contribution in [-0.4, -0.2) is 16.7 Å². The summed E-state index contributed by atoms with van der Waals surface area (Å²) in [5.74, 6) is -0.242. The van der Waals surface area contributed by atoms with Crippen molar-refractivity contribution in [3.63, 3.8) is 0 Å². The number of benzene rings is 1. The number of hydrogen-bond donors (Lipinski definition) is 1. The molecule has 2 rings (SSSR count). The summed E-state index contributed by atoms with van der Waals surface area (Å²) in [4.78, 5) is 25.1. The maximum absolute atomic E-state index is 12.0. The molecule has 0 spiro atoms. The van der Waals surface area contributed by atoms with Crippen molar-refractivity contribution in [1.29, 1.82) is 0 Å². The van der Waals surface area contributed by atoms with Gasteiger partial charge >= 0.3 is 0 Å². The van der Waals surface area contributed by atoms with E-state index in [1.54, 1.807) is 19.9 Å². The molecule has 2 amide bonds. The molecule has 0 bridgehead atoms. The van der Waals surface area contributed by atoms with Gasteiger partial charge < -0.3 is 5.73 Å². The first-order valence-corrected chi connectivity index (χ1v) is 5.60. The molecule has 1 aliphatic heterocycles. The monoisotopic (exact) mass is 232 g/mol. The van der Waals surface area contributed by atoms with Crippen LogP contribution in [0.15, 0.2) is 24.3 Å². The highest BCUT2D eigenvalue weighted by atomic mass is 16.2. The van der Waals surface area contributed by atoms with Crippen LogP contribution in [0.1, 0.15) is 25.8 Å². The topological polar surface area (TPSA) is 63.4 Å². The van der Waals surface area contributed by atoms with Gasteiger partial charge in [-0.2, -0.15) is 0 Å². The molecule has 4 nitrogen and oxygen atoms in total. The summed E-state index contributed by atoms with van der Waals surface area (Å²) >= 11 is 0. The SMILES string of the molecule is CC1(C)CC(=O)N(Cc2ccccc2N)C1=O. The highest BCUT2D eigenvalue weighted by Crippen LogP contribution is 2.33. The van der Waals surface area contributed by atoms with Crippen molar-refractivity contribution in [3.05, 3.63) is 29.8 Å². The number of hydrogen-bond acceptors (Lipinski definition) is 3. The van der Waals surface area contributed by atoms with Crippen molar-refractivity contribution in [3.8, 4) is 0 Å². The van der Waals surface area contributed by atoms with Crippen LogP contribution in [0.5, 0.6) is 0 Å². The zero-order valence-electron chi connectivity index (χ0n) is 10.1. The van der Waals surface area contributed by atoms with Crippen molar-refractivity contribution in [1.82, 2.24) is 4.90 Å². The Morgan fingerprint density at radius 1 is 1.29 bits per heavy atom. The van der Waals surface area contributed by atoms with E-state index in [0.29, 0.717) is 5.69 Å². The standard InChI is InChI=1S/C13H16N2O2/c1-13(2)7-11(16)15(12(13)17)8-9-5-3-4-6-10(9)14/h3-6H,7-8,14H2,1-2H3. The van der Waals surface area contributed by atoms with E-state index in [0.717, 1.165) is 5.56 Å². The Bertz CT molecular complexity index is 480. The molecule has 17 heavy (non-hydrogen) atoms. The molecule has 0 atom stereocenters. The summed E-state index contributed by atoms with van der Waals surface area (Å²) in [6.07, 6.45) is 0.276. The van der Waals surface area contributed by atoms with Crippen molar-refractivity contribution in [2.75, 3.05) is 5.73 Å². The number of amides is 2. The predicted octanol–water partition coefficient (Wildman–Crippen LogP) is 1.55. The summed E-state index contributed by atoms with van der Waals surface area (Å²) in [6.45, 7) is 3.86. The molecule has 1 heterocycles. The predicted molar refractivity (Wildman–Crippen MR) is 64.8 cm³/mol. The lowest BCUT2D eigenvalue weighted by Gasteiger charge is -2.18. The molecule has 0 aliphatic carbocycles. The van der Waals surface area contributed by atoms with E-state index in [1.165, 1.54) is 4.90 Å². The smallest absolute Gasteiger partial charge is 0.235 e. The van der Waals surface area contributed by atoms with Crippen molar-refractivity contribution >= 4 is 17.5 Å². The molecular weight excluding hydrogens is 216 g/mol. The van der Waals surface area contributed by atoms with Gasteiger partial charge in [0, 0.05) is 12.1 Å². The number of para-hydroxylation sites is 1. The summed E-state index contributed by atoms with van der Waals surface area (Å²) in [6, 6.07) is 7.28. The van der Waals surface area contributed by atoms with Gasteiger partial charge in [-0.05, 0) is 11.6 Å². The number of carbonyl (C=O) groups is 2. The van der Waals surface area contributed by atoms with E-state index >= 15 is 0 Å². The second-order valence-electron chi connectivity index (χ2n) is 5.04. The van der Waals surface area contributed by atoms with Gasteiger partial charge in [-0.15, -0.1) is 0 Å². The molecule has 0 unspecified atom stereocenters. The molecule has 1 aromatic rings. The highest BCUT2D eigenvalue weighted by Gasteiger charge is 2.44. The largest absolute Gasteiger partial charge is 0.398 e. The van der Waals surface area contributed by atoms with Crippen LogP contribution < -0.4 is 5.73 Å². The molecule has 4 heteroatoms. The van der Waals surface area contributed by atoms with Crippen LogP contribution >= 0.6 is 0 Å². The minimum atomic E-state index is -0.583. The van der Waals surface area contributed by atoms with E-state index in [2.05, 4.69) is 0 Å². The number of nitrogens with two attached hydrogens (primary N) is 1. The van der Waals surface area contributed by atoms with E-state index < -0.39 is 5.41 Å². The molecule has 1 saturated heterocycles. The first kappa shape index (κ1) is 11.6. The van der Waals surface area contributed by atoms with Gasteiger partial charge in [0.15, 0.2) is 0 Å². The van der Waals surface area contributed by atoms with E-state index in [9.17, 15) is 9.59 Å². The van der Waals surface area contributed by atoms with E-state index in [-0.39, 0.29) is 24.8 Å². The molecule has 1 aliphatic rings. The molecular formula is C13H16N2O2. The van der Waals surface area contributed by atoms with Gasteiger partial charge in [0.2, 0.25) is 11.8 Å². The highest BCUT2D eigenvalue weighted by molar-refractivity contribution is 6.05. The van der Waals surface area contributed by atoms with Crippen LogP contribution in [0.25, 0.3) is 0 Å². The fraction of sp³-hybridized carbons (Fsp3) is 0.385. The third-order valence-electron chi connectivity index (χ3n) is 3.10. The lowest BCUT2D eigenvalue weighted by molar-refractivity contribution is -0.141. The Morgan fingerprint density at radius 3 is 2.47 bits per heavy atom. The molecule has 90 valence electrons. The van der Waals surface area contributed by atoms with Crippen LogP contribution in [0, 0.1) is 5.41 Å². The average Bonchev–Trinajstić information content (AvgIpc) is 2.43. The third-order valence-corrected chi connectivity index (χ3v) is 3.10.